The summed E-state index contributed by atoms with van der Waals surface area (Å²) in [6.45, 7) is 2.93. The van der Waals surface area contributed by atoms with Gasteiger partial charge in [0.1, 0.15) is 11.0 Å². The van der Waals surface area contributed by atoms with E-state index in [1.54, 1.807) is 4.68 Å². The van der Waals surface area contributed by atoms with E-state index >= 15 is 0 Å². The zero-order chi connectivity index (χ0) is 16.4. The molecule has 0 saturated carbocycles. The van der Waals surface area contributed by atoms with Crippen LogP contribution in [0.5, 0.6) is 0 Å². The Labute approximate surface area is 137 Å². The number of carbonyl (C=O) groups is 1. The lowest BCUT2D eigenvalue weighted by molar-refractivity contribution is 0.122. The van der Waals surface area contributed by atoms with Crippen molar-refractivity contribution in [2.45, 2.75) is 0 Å². The average molecular weight is 338 g/mol. The van der Waals surface area contributed by atoms with Gasteiger partial charge in [0.05, 0.1) is 24.6 Å². The third-order valence-corrected chi connectivity index (χ3v) is 3.79. The maximum absolute atomic E-state index is 11.0. The highest BCUT2D eigenvalue weighted by Crippen LogP contribution is 2.31. The lowest BCUT2D eigenvalue weighted by Gasteiger charge is -2.28. The molecule has 3 rings (SSSR count). The summed E-state index contributed by atoms with van der Waals surface area (Å²) in [6, 6.07) is 3.37. The predicted molar refractivity (Wildman–Crippen MR) is 86.1 cm³/mol. The minimum atomic E-state index is -1.17. The molecule has 8 nitrogen and oxygen atoms in total. The summed E-state index contributed by atoms with van der Waals surface area (Å²) in [5.74, 6) is 0.944. The Bertz CT molecular complexity index is 727. The Balaban J connectivity index is 1.97. The fraction of sp³-hybridized carbons (Fsp3) is 0.357. The molecule has 2 aromatic rings. The number of nitrogens with one attached hydrogen (secondary N) is 1. The van der Waals surface area contributed by atoms with Crippen molar-refractivity contribution in [1.82, 2.24) is 14.8 Å². The number of nitrogens with zero attached hydrogens (tertiary/aromatic N) is 4. The van der Waals surface area contributed by atoms with E-state index in [4.69, 9.17) is 21.4 Å². The summed E-state index contributed by atoms with van der Waals surface area (Å²) in [7, 11) is 1.85. The van der Waals surface area contributed by atoms with Gasteiger partial charge in [-0.2, -0.15) is 5.10 Å². The van der Waals surface area contributed by atoms with Crippen molar-refractivity contribution in [3.05, 3.63) is 23.5 Å². The van der Waals surface area contributed by atoms with Gasteiger partial charge in [0, 0.05) is 38.0 Å². The van der Waals surface area contributed by atoms with Crippen molar-refractivity contribution in [3.8, 4) is 11.3 Å². The Morgan fingerprint density at radius 3 is 2.83 bits per heavy atom. The zero-order valence-corrected chi connectivity index (χ0v) is 13.2. The van der Waals surface area contributed by atoms with Crippen LogP contribution >= 0.6 is 11.6 Å². The van der Waals surface area contributed by atoms with Gasteiger partial charge in [-0.05, 0) is 6.07 Å². The molecule has 1 fully saturated rings. The van der Waals surface area contributed by atoms with Gasteiger partial charge in [0.25, 0.3) is 0 Å². The summed E-state index contributed by atoms with van der Waals surface area (Å²) >= 11 is 5.85. The van der Waals surface area contributed by atoms with Gasteiger partial charge < -0.3 is 14.7 Å². The first kappa shape index (κ1) is 15.6. The molecule has 1 aliphatic heterocycles. The van der Waals surface area contributed by atoms with Gasteiger partial charge in [0.15, 0.2) is 0 Å². The van der Waals surface area contributed by atoms with Crippen molar-refractivity contribution in [2.75, 3.05) is 36.5 Å². The molecule has 0 radical (unpaired) electrons. The van der Waals surface area contributed by atoms with E-state index < -0.39 is 6.09 Å². The Morgan fingerprint density at radius 2 is 2.13 bits per heavy atom. The quantitative estimate of drug-likeness (QED) is 0.833. The monoisotopic (exact) mass is 337 g/mol. The fourth-order valence-corrected chi connectivity index (χ4v) is 2.69. The molecule has 0 aliphatic carbocycles. The average Bonchev–Trinajstić information content (AvgIpc) is 2.89. The van der Waals surface area contributed by atoms with Gasteiger partial charge in [-0.3, -0.25) is 10.00 Å². The summed E-state index contributed by atoms with van der Waals surface area (Å²) < 4.78 is 7.12. The van der Waals surface area contributed by atoms with Crippen molar-refractivity contribution in [3.63, 3.8) is 0 Å². The van der Waals surface area contributed by atoms with E-state index in [-0.39, 0.29) is 5.15 Å². The molecule has 3 heterocycles. The van der Waals surface area contributed by atoms with Crippen LogP contribution in [0.25, 0.3) is 11.3 Å². The fourth-order valence-electron chi connectivity index (χ4n) is 2.53. The standard InChI is InChI=1S/C14H16ClN5O3/c1-19-13(20-2-4-23-5-3-20)7-11(18-19)9-8-16-12(15)6-10(9)17-14(21)22/h6-8H,2-5H2,1H3,(H,16,17)(H,21,22). The molecule has 23 heavy (non-hydrogen) atoms. The van der Waals surface area contributed by atoms with E-state index in [1.807, 2.05) is 13.1 Å². The molecule has 0 atom stereocenters. The third-order valence-electron chi connectivity index (χ3n) is 3.58. The van der Waals surface area contributed by atoms with E-state index in [2.05, 4.69) is 20.3 Å². The molecule has 122 valence electrons. The number of hydrogen-bond donors (Lipinski definition) is 2. The van der Waals surface area contributed by atoms with Crippen molar-refractivity contribution < 1.29 is 14.6 Å². The third kappa shape index (κ3) is 3.38. The Morgan fingerprint density at radius 1 is 1.39 bits per heavy atom. The number of halogens is 1. The number of morpholine rings is 1. The lowest BCUT2D eigenvalue weighted by atomic mass is 10.1. The van der Waals surface area contributed by atoms with Gasteiger partial charge in [-0.1, -0.05) is 11.6 Å². The number of rotatable bonds is 3. The molecule has 0 unspecified atom stereocenters. The molecule has 0 bridgehead atoms. The second-order valence-electron chi connectivity index (χ2n) is 5.09. The molecule has 0 spiro atoms. The molecule has 2 N–H and O–H groups in total. The lowest BCUT2D eigenvalue weighted by Crippen LogP contribution is -2.37. The van der Waals surface area contributed by atoms with Crippen LogP contribution in [0.3, 0.4) is 0 Å². The molecule has 1 saturated heterocycles. The van der Waals surface area contributed by atoms with E-state index in [9.17, 15) is 4.79 Å². The smallest absolute Gasteiger partial charge is 0.409 e. The van der Waals surface area contributed by atoms with E-state index in [0.29, 0.717) is 30.2 Å². The number of aromatic nitrogens is 3. The van der Waals surface area contributed by atoms with Crippen LogP contribution in [-0.4, -0.2) is 52.3 Å². The van der Waals surface area contributed by atoms with Crippen LogP contribution in [0, 0.1) is 0 Å². The highest BCUT2D eigenvalue weighted by molar-refractivity contribution is 6.29. The second-order valence-corrected chi connectivity index (χ2v) is 5.48. The number of anilines is 2. The molecule has 9 heteroatoms. The van der Waals surface area contributed by atoms with E-state index in [0.717, 1.165) is 18.9 Å². The van der Waals surface area contributed by atoms with Crippen LogP contribution in [0.2, 0.25) is 5.15 Å². The van der Waals surface area contributed by atoms with Gasteiger partial charge in [-0.15, -0.1) is 0 Å². The van der Waals surface area contributed by atoms with Crippen LogP contribution in [0.15, 0.2) is 18.3 Å². The summed E-state index contributed by atoms with van der Waals surface area (Å²) in [5.41, 5.74) is 1.55. The SMILES string of the molecule is Cn1nc(-c2cnc(Cl)cc2NC(=O)O)cc1N1CCOCC1. The first-order valence-corrected chi connectivity index (χ1v) is 7.45. The van der Waals surface area contributed by atoms with Crippen LogP contribution < -0.4 is 10.2 Å². The largest absolute Gasteiger partial charge is 0.465 e. The van der Waals surface area contributed by atoms with E-state index in [1.165, 1.54) is 12.3 Å². The maximum atomic E-state index is 11.0. The maximum Gasteiger partial charge on any atom is 0.409 e. The van der Waals surface area contributed by atoms with Crippen molar-refractivity contribution in [2.24, 2.45) is 7.05 Å². The number of hydrogen-bond acceptors (Lipinski definition) is 5. The molecular weight excluding hydrogens is 322 g/mol. The van der Waals surface area contributed by atoms with Gasteiger partial charge in [-0.25, -0.2) is 9.78 Å². The predicted octanol–water partition coefficient (Wildman–Crippen LogP) is 2.06. The number of aryl methyl sites for hydroxylation is 1. The minimum absolute atomic E-state index is 0.210. The highest BCUT2D eigenvalue weighted by Gasteiger charge is 2.19. The number of ether oxygens (including phenoxy) is 1. The first-order valence-electron chi connectivity index (χ1n) is 7.07. The molecular formula is C14H16ClN5O3. The van der Waals surface area contributed by atoms with Crippen LogP contribution in [0.1, 0.15) is 0 Å². The molecule has 1 aliphatic rings. The Kier molecular flexibility index (Phi) is 4.35. The van der Waals surface area contributed by atoms with Crippen molar-refractivity contribution >= 4 is 29.2 Å². The molecule has 0 aromatic carbocycles. The molecule has 2 aromatic heterocycles. The van der Waals surface area contributed by atoms with Crippen molar-refractivity contribution in [1.29, 1.82) is 0 Å². The number of pyridine rings is 1. The zero-order valence-electron chi connectivity index (χ0n) is 12.5. The number of carboxylic acid groups (broad SMARTS) is 1. The summed E-state index contributed by atoms with van der Waals surface area (Å²) in [6.07, 6.45) is 0.344. The first-order chi connectivity index (χ1) is 11.0. The summed E-state index contributed by atoms with van der Waals surface area (Å²) in [4.78, 5) is 17.2. The van der Waals surface area contributed by atoms with Crippen LogP contribution in [-0.2, 0) is 11.8 Å². The van der Waals surface area contributed by atoms with Gasteiger partial charge >= 0.3 is 6.09 Å². The minimum Gasteiger partial charge on any atom is -0.465 e. The van der Waals surface area contributed by atoms with Gasteiger partial charge in [0.2, 0.25) is 0 Å². The van der Waals surface area contributed by atoms with Crippen LogP contribution in [0.4, 0.5) is 16.3 Å². The second kappa shape index (κ2) is 6.43. The topological polar surface area (TPSA) is 92.5 Å². The Hall–Kier alpha value is -2.32. The highest BCUT2D eigenvalue weighted by atomic mass is 35.5. The number of amides is 1. The summed E-state index contributed by atoms with van der Waals surface area (Å²) in [5, 5.41) is 16.0. The molecule has 1 amide bonds. The normalized spacial score (nSPS) is 14.8.